The third-order valence-corrected chi connectivity index (χ3v) is 7.83. The Morgan fingerprint density at radius 3 is 2.29 bits per heavy atom. The first-order valence-corrected chi connectivity index (χ1v) is 11.1. The quantitative estimate of drug-likeness (QED) is 0.549. The Morgan fingerprint density at radius 1 is 1.04 bits per heavy atom. The highest BCUT2D eigenvalue weighted by atomic mass is 35.5. The molecule has 0 aromatic heterocycles. The van der Waals surface area contributed by atoms with Crippen molar-refractivity contribution >= 4 is 23.5 Å². The second-order valence-corrected chi connectivity index (χ2v) is 10.5. The minimum atomic E-state index is -0.364. The summed E-state index contributed by atoms with van der Waals surface area (Å²) in [7, 11) is 0. The number of benzene rings is 1. The summed E-state index contributed by atoms with van der Waals surface area (Å²) in [4.78, 5) is 27.2. The molecule has 1 aromatic carbocycles. The van der Waals surface area contributed by atoms with Gasteiger partial charge in [-0.1, -0.05) is 12.1 Å². The van der Waals surface area contributed by atoms with Crippen molar-refractivity contribution in [2.24, 2.45) is 17.3 Å². The standard InChI is InChI=1S/C23H28ClNO3/c24-23-12-17-9-18(13-23)11-22(10-17,15-23)21(27)28-14-16-3-5-19(6-4-16)20(26)25-7-1-2-8-25/h3-6,17-18H,1-2,7-15H2/t17-,18-,22?,23?/m1/s1. The Kier molecular flexibility index (Phi) is 4.46. The van der Waals surface area contributed by atoms with Gasteiger partial charge >= 0.3 is 5.97 Å². The van der Waals surface area contributed by atoms with E-state index in [1.54, 1.807) is 0 Å². The number of ether oxygens (including phenoxy) is 1. The van der Waals surface area contributed by atoms with Gasteiger partial charge in [-0.2, -0.15) is 0 Å². The summed E-state index contributed by atoms with van der Waals surface area (Å²) >= 11 is 6.84. The van der Waals surface area contributed by atoms with E-state index in [0.717, 1.165) is 63.6 Å². The molecule has 2 atom stereocenters. The van der Waals surface area contributed by atoms with Crippen LogP contribution in [0, 0.1) is 17.3 Å². The van der Waals surface area contributed by atoms with Crippen molar-refractivity contribution in [2.75, 3.05) is 13.1 Å². The van der Waals surface area contributed by atoms with Gasteiger partial charge in [0.05, 0.1) is 5.41 Å². The van der Waals surface area contributed by atoms with Crippen LogP contribution in [0.25, 0.3) is 0 Å². The molecule has 5 fully saturated rings. The van der Waals surface area contributed by atoms with Crippen LogP contribution in [-0.2, 0) is 16.1 Å². The molecule has 1 saturated heterocycles. The van der Waals surface area contributed by atoms with Crippen LogP contribution < -0.4 is 0 Å². The van der Waals surface area contributed by atoms with Crippen molar-refractivity contribution in [1.82, 2.24) is 4.90 Å². The van der Waals surface area contributed by atoms with Gasteiger partial charge in [0, 0.05) is 23.5 Å². The van der Waals surface area contributed by atoms with Gasteiger partial charge in [0.25, 0.3) is 5.91 Å². The van der Waals surface area contributed by atoms with Gasteiger partial charge in [-0.25, -0.2) is 0 Å². The van der Waals surface area contributed by atoms with Crippen LogP contribution in [0.3, 0.4) is 0 Å². The van der Waals surface area contributed by atoms with Crippen molar-refractivity contribution in [2.45, 2.75) is 62.8 Å². The summed E-state index contributed by atoms with van der Waals surface area (Å²) in [6.45, 7) is 1.97. The number of likely N-dealkylation sites (tertiary alicyclic amines) is 1. The van der Waals surface area contributed by atoms with Gasteiger partial charge in [0.15, 0.2) is 0 Å². The largest absolute Gasteiger partial charge is 0.460 e. The average Bonchev–Trinajstić information content (AvgIpc) is 3.18. The zero-order valence-corrected chi connectivity index (χ0v) is 17.0. The van der Waals surface area contributed by atoms with Crippen LogP contribution in [0.4, 0.5) is 0 Å². The first kappa shape index (κ1) is 18.5. The van der Waals surface area contributed by atoms with E-state index >= 15 is 0 Å². The zero-order chi connectivity index (χ0) is 19.4. The zero-order valence-electron chi connectivity index (χ0n) is 16.3. The van der Waals surface area contributed by atoms with Gasteiger partial charge < -0.3 is 9.64 Å². The smallest absolute Gasteiger partial charge is 0.312 e. The molecule has 1 amide bonds. The van der Waals surface area contributed by atoms with Crippen LogP contribution >= 0.6 is 11.6 Å². The lowest BCUT2D eigenvalue weighted by molar-refractivity contribution is -0.171. The number of alkyl halides is 1. The van der Waals surface area contributed by atoms with E-state index in [-0.39, 0.29) is 28.8 Å². The van der Waals surface area contributed by atoms with Gasteiger partial charge in [-0.15, -0.1) is 11.6 Å². The van der Waals surface area contributed by atoms with E-state index in [0.29, 0.717) is 17.4 Å². The Hall–Kier alpha value is -1.55. The minimum Gasteiger partial charge on any atom is -0.460 e. The summed E-state index contributed by atoms with van der Waals surface area (Å²) in [6, 6.07) is 7.50. The molecular weight excluding hydrogens is 374 g/mol. The number of halogens is 1. The maximum atomic E-state index is 13.0. The van der Waals surface area contributed by atoms with Gasteiger partial charge in [0.2, 0.25) is 0 Å². The number of amides is 1. The molecule has 1 heterocycles. The summed E-state index contributed by atoms with van der Waals surface area (Å²) in [5.41, 5.74) is 1.27. The van der Waals surface area contributed by atoms with Crippen molar-refractivity contribution in [3.8, 4) is 0 Å². The summed E-state index contributed by atoms with van der Waals surface area (Å²) < 4.78 is 5.77. The molecule has 0 N–H and O–H groups in total. The molecule has 0 radical (unpaired) electrons. The van der Waals surface area contributed by atoms with E-state index < -0.39 is 0 Å². The SMILES string of the molecule is O=C(c1ccc(COC(=O)C23C[C@H]4C[C@@H](CC(Cl)(C4)C2)C3)cc1)N1CCCC1. The van der Waals surface area contributed by atoms with Crippen molar-refractivity contribution in [1.29, 1.82) is 0 Å². The highest BCUT2D eigenvalue weighted by Gasteiger charge is 2.60. The molecule has 1 aromatic rings. The molecule has 150 valence electrons. The number of carbonyl (C=O) groups is 2. The monoisotopic (exact) mass is 401 g/mol. The van der Waals surface area contributed by atoms with Crippen LogP contribution in [0.2, 0.25) is 0 Å². The van der Waals surface area contributed by atoms with Gasteiger partial charge in [-0.05, 0) is 80.9 Å². The van der Waals surface area contributed by atoms with Gasteiger partial charge in [-0.3, -0.25) is 9.59 Å². The highest BCUT2D eigenvalue weighted by Crippen LogP contribution is 2.64. The van der Waals surface area contributed by atoms with Crippen molar-refractivity contribution in [3.63, 3.8) is 0 Å². The summed E-state index contributed by atoms with van der Waals surface area (Å²) in [5, 5.41) is 0. The predicted molar refractivity (Wildman–Crippen MR) is 107 cm³/mol. The molecule has 4 saturated carbocycles. The number of rotatable bonds is 4. The molecule has 5 aliphatic rings. The highest BCUT2D eigenvalue weighted by molar-refractivity contribution is 6.24. The lowest BCUT2D eigenvalue weighted by atomic mass is 9.49. The number of hydrogen-bond acceptors (Lipinski definition) is 3. The van der Waals surface area contributed by atoms with E-state index in [9.17, 15) is 9.59 Å². The molecule has 28 heavy (non-hydrogen) atoms. The Balaban J connectivity index is 1.22. The minimum absolute atomic E-state index is 0.0659. The van der Waals surface area contributed by atoms with Gasteiger partial charge in [0.1, 0.15) is 6.61 Å². The molecule has 1 aliphatic heterocycles. The Morgan fingerprint density at radius 2 is 1.68 bits per heavy atom. The average molecular weight is 402 g/mol. The lowest BCUT2D eigenvalue weighted by Crippen LogP contribution is -2.56. The summed E-state index contributed by atoms with van der Waals surface area (Å²) in [5.74, 6) is 1.20. The molecule has 4 nitrogen and oxygen atoms in total. The molecule has 4 bridgehead atoms. The number of hydrogen-bond donors (Lipinski definition) is 0. The fraction of sp³-hybridized carbons (Fsp3) is 0.652. The van der Waals surface area contributed by atoms with Crippen molar-refractivity contribution < 1.29 is 14.3 Å². The fourth-order valence-electron chi connectivity index (χ4n) is 6.54. The van der Waals surface area contributed by atoms with E-state index in [2.05, 4.69) is 0 Å². The number of carbonyl (C=O) groups excluding carboxylic acids is 2. The topological polar surface area (TPSA) is 46.6 Å². The molecule has 4 aliphatic carbocycles. The maximum absolute atomic E-state index is 13.0. The molecule has 5 heteroatoms. The first-order valence-electron chi connectivity index (χ1n) is 10.7. The number of nitrogens with zero attached hydrogens (tertiary/aromatic N) is 1. The first-order chi connectivity index (χ1) is 13.4. The second-order valence-electron chi connectivity index (χ2n) is 9.66. The van der Waals surface area contributed by atoms with Crippen LogP contribution in [-0.4, -0.2) is 34.7 Å². The number of esters is 1. The Bertz CT molecular complexity index is 770. The predicted octanol–water partition coefficient (Wildman–Crippen LogP) is 4.54. The third kappa shape index (κ3) is 3.24. The molecule has 0 unspecified atom stereocenters. The molecule has 0 spiro atoms. The summed E-state index contributed by atoms with van der Waals surface area (Å²) in [6.07, 6.45) is 8.20. The molecule has 6 rings (SSSR count). The van der Waals surface area contributed by atoms with E-state index in [4.69, 9.17) is 16.3 Å². The normalized spacial score (nSPS) is 36.0. The van der Waals surface area contributed by atoms with Crippen LogP contribution in [0.5, 0.6) is 0 Å². The maximum Gasteiger partial charge on any atom is 0.312 e. The lowest BCUT2D eigenvalue weighted by Gasteiger charge is -2.58. The second kappa shape index (κ2) is 6.76. The Labute approximate surface area is 171 Å². The fourth-order valence-corrected chi connectivity index (χ4v) is 7.23. The van der Waals surface area contributed by atoms with E-state index in [1.165, 1.54) is 6.42 Å². The van der Waals surface area contributed by atoms with Crippen LogP contribution in [0.1, 0.15) is 67.3 Å². The van der Waals surface area contributed by atoms with Crippen LogP contribution in [0.15, 0.2) is 24.3 Å². The van der Waals surface area contributed by atoms with E-state index in [1.807, 2.05) is 29.2 Å². The third-order valence-electron chi connectivity index (χ3n) is 7.39. The van der Waals surface area contributed by atoms with Crippen molar-refractivity contribution in [3.05, 3.63) is 35.4 Å². The molecular formula is C23H28ClNO3.